The highest BCUT2D eigenvalue weighted by Gasteiger charge is 2.40. The van der Waals surface area contributed by atoms with Gasteiger partial charge >= 0.3 is 6.18 Å². The Hall–Kier alpha value is -3.81. The molecule has 0 radical (unpaired) electrons. The number of anilines is 1. The maximum Gasteiger partial charge on any atom is 0.390 e. The number of alkyl halides is 3. The van der Waals surface area contributed by atoms with E-state index >= 15 is 0 Å². The van der Waals surface area contributed by atoms with Crippen molar-refractivity contribution >= 4 is 17.7 Å². The molecule has 0 saturated carbocycles. The molecule has 36 heavy (non-hydrogen) atoms. The van der Waals surface area contributed by atoms with E-state index in [9.17, 15) is 27.5 Å². The van der Waals surface area contributed by atoms with Crippen LogP contribution in [0.5, 0.6) is 5.75 Å². The Bertz CT molecular complexity index is 1250. The fraction of sp³-hybridized carbons (Fsp3) is 0.250. The molecule has 0 aliphatic carbocycles. The zero-order valence-electron chi connectivity index (χ0n) is 19.6. The topological polar surface area (TPSA) is 52.6 Å². The molecule has 1 aliphatic heterocycles. The first-order valence-corrected chi connectivity index (χ1v) is 11.5. The largest absolute Gasteiger partial charge is 0.508 e. The lowest BCUT2D eigenvalue weighted by molar-refractivity contribution is -0.134. The third-order valence-corrected chi connectivity index (χ3v) is 6.50. The van der Waals surface area contributed by atoms with Crippen LogP contribution in [0.4, 0.5) is 23.2 Å². The summed E-state index contributed by atoms with van der Waals surface area (Å²) in [5.74, 6) is -0.722. The molecule has 3 aromatic rings. The lowest BCUT2D eigenvalue weighted by Gasteiger charge is -2.48. The lowest BCUT2D eigenvalue weighted by Crippen LogP contribution is -2.49. The molecule has 1 unspecified atom stereocenters. The second kappa shape index (κ2) is 10.0. The van der Waals surface area contributed by atoms with E-state index < -0.39 is 30.6 Å². The lowest BCUT2D eigenvalue weighted by atomic mass is 9.76. The van der Waals surface area contributed by atoms with E-state index in [0.29, 0.717) is 18.5 Å². The number of nitrogens with zero attached hydrogens (tertiary/aromatic N) is 1. The number of fused-ring (bicyclic) bond motifs is 1. The number of benzene rings is 3. The van der Waals surface area contributed by atoms with Crippen molar-refractivity contribution in [3.8, 4) is 5.75 Å². The van der Waals surface area contributed by atoms with Crippen LogP contribution in [-0.2, 0) is 16.8 Å². The summed E-state index contributed by atoms with van der Waals surface area (Å²) in [5.41, 5.74) is 3.93. The first kappa shape index (κ1) is 25.3. The van der Waals surface area contributed by atoms with E-state index in [-0.39, 0.29) is 11.6 Å². The smallest absolute Gasteiger partial charge is 0.390 e. The minimum Gasteiger partial charge on any atom is -0.508 e. The molecular weight excluding hydrogens is 472 g/mol. The number of carbonyl (C=O) groups is 1. The molecule has 188 valence electrons. The van der Waals surface area contributed by atoms with E-state index in [4.69, 9.17) is 0 Å². The fourth-order valence-corrected chi connectivity index (χ4v) is 4.66. The standard InChI is InChI=1S/C28H26F4N2O2/c1-27(21-5-2-19(3-6-21)4-13-26(36)33-16-15-28(30,31)32)25-12-11-24(35)18-20(25)14-17-34(27)23-9-7-22(29)8-10-23/h2-13,18,35H,14-17H2,1H3,(H,33,36). The fourth-order valence-electron chi connectivity index (χ4n) is 4.66. The monoisotopic (exact) mass is 498 g/mol. The van der Waals surface area contributed by atoms with E-state index in [1.165, 1.54) is 18.2 Å². The molecule has 1 atom stereocenters. The van der Waals surface area contributed by atoms with Crippen molar-refractivity contribution in [2.45, 2.75) is 31.5 Å². The molecule has 0 spiro atoms. The van der Waals surface area contributed by atoms with Gasteiger partial charge in [0.25, 0.3) is 0 Å². The number of halogens is 4. The first-order valence-electron chi connectivity index (χ1n) is 11.5. The van der Waals surface area contributed by atoms with Gasteiger partial charge in [0.15, 0.2) is 0 Å². The highest BCUT2D eigenvalue weighted by molar-refractivity contribution is 5.91. The summed E-state index contributed by atoms with van der Waals surface area (Å²) in [6.45, 7) is 2.25. The molecule has 1 aliphatic rings. The molecule has 1 heterocycles. The third-order valence-electron chi connectivity index (χ3n) is 6.50. The average molecular weight is 499 g/mol. The van der Waals surface area contributed by atoms with Crippen LogP contribution in [0, 0.1) is 5.82 Å². The van der Waals surface area contributed by atoms with Crippen molar-refractivity contribution in [1.29, 1.82) is 0 Å². The molecule has 1 amide bonds. The number of aromatic hydroxyl groups is 1. The van der Waals surface area contributed by atoms with Crippen LogP contribution in [0.15, 0.2) is 72.8 Å². The van der Waals surface area contributed by atoms with E-state index in [1.54, 1.807) is 30.3 Å². The Kier molecular flexibility index (Phi) is 7.06. The zero-order chi connectivity index (χ0) is 25.9. The average Bonchev–Trinajstić information content (AvgIpc) is 2.83. The van der Waals surface area contributed by atoms with Crippen LogP contribution in [0.2, 0.25) is 0 Å². The molecule has 2 N–H and O–H groups in total. The normalized spacial score (nSPS) is 17.8. The number of carbonyl (C=O) groups excluding carboxylic acids is 1. The van der Waals surface area contributed by atoms with Crippen LogP contribution in [0.3, 0.4) is 0 Å². The Morgan fingerprint density at radius 1 is 1.08 bits per heavy atom. The summed E-state index contributed by atoms with van der Waals surface area (Å²) in [5, 5.41) is 12.2. The molecule has 3 aromatic carbocycles. The number of nitrogens with one attached hydrogen (secondary N) is 1. The Labute approximate surface area is 206 Å². The maximum absolute atomic E-state index is 13.6. The molecular formula is C28H26F4N2O2. The van der Waals surface area contributed by atoms with Crippen molar-refractivity contribution in [3.05, 3.63) is 101 Å². The van der Waals surface area contributed by atoms with Crippen LogP contribution < -0.4 is 10.2 Å². The van der Waals surface area contributed by atoms with Gasteiger partial charge < -0.3 is 15.3 Å². The van der Waals surface area contributed by atoms with Crippen molar-refractivity contribution in [2.24, 2.45) is 0 Å². The van der Waals surface area contributed by atoms with Gasteiger partial charge in [-0.25, -0.2) is 4.39 Å². The molecule has 4 rings (SSSR count). The van der Waals surface area contributed by atoms with E-state index in [2.05, 4.69) is 17.1 Å². The molecule has 0 bridgehead atoms. The first-order chi connectivity index (χ1) is 17.1. The SMILES string of the molecule is CC1(c2ccc(C=CC(=O)NCCC(F)(F)F)cc2)c2ccc(O)cc2CCN1c1ccc(F)cc1. The number of amides is 1. The minimum absolute atomic E-state index is 0.195. The van der Waals surface area contributed by atoms with Gasteiger partial charge in [0.1, 0.15) is 11.6 Å². The van der Waals surface area contributed by atoms with Crippen LogP contribution in [0.1, 0.15) is 35.6 Å². The number of hydrogen-bond donors (Lipinski definition) is 2. The van der Waals surface area contributed by atoms with Gasteiger partial charge in [0, 0.05) is 24.9 Å². The molecule has 0 fully saturated rings. The second-order valence-electron chi connectivity index (χ2n) is 8.90. The Morgan fingerprint density at radius 3 is 2.44 bits per heavy atom. The molecule has 0 aromatic heterocycles. The van der Waals surface area contributed by atoms with Gasteiger partial charge in [-0.05, 0) is 78.1 Å². The summed E-state index contributed by atoms with van der Waals surface area (Å²) in [6.07, 6.45) is -1.94. The summed E-state index contributed by atoms with van der Waals surface area (Å²) in [7, 11) is 0. The van der Waals surface area contributed by atoms with Crippen LogP contribution in [-0.4, -0.2) is 30.3 Å². The highest BCUT2D eigenvalue weighted by atomic mass is 19.4. The summed E-state index contributed by atoms with van der Waals surface area (Å²) in [4.78, 5) is 14.0. The van der Waals surface area contributed by atoms with Crippen molar-refractivity contribution < 1.29 is 27.5 Å². The summed E-state index contributed by atoms with van der Waals surface area (Å²) < 4.78 is 50.3. The van der Waals surface area contributed by atoms with E-state index in [0.717, 1.165) is 22.4 Å². The molecule has 4 nitrogen and oxygen atoms in total. The molecule has 8 heteroatoms. The molecule has 0 saturated heterocycles. The number of phenolic OH excluding ortho intramolecular Hbond substituents is 1. The van der Waals surface area contributed by atoms with E-state index in [1.807, 2.05) is 30.3 Å². The predicted molar refractivity (Wildman–Crippen MR) is 131 cm³/mol. The number of phenols is 1. The predicted octanol–water partition coefficient (Wildman–Crippen LogP) is 5.94. The van der Waals surface area contributed by atoms with Gasteiger partial charge in [0.05, 0.1) is 12.0 Å². The van der Waals surface area contributed by atoms with Gasteiger partial charge in [-0.3, -0.25) is 4.79 Å². The zero-order valence-corrected chi connectivity index (χ0v) is 19.6. The maximum atomic E-state index is 13.6. The number of rotatable bonds is 6. The quantitative estimate of drug-likeness (QED) is 0.327. The second-order valence-corrected chi connectivity index (χ2v) is 8.90. The number of hydrogen-bond acceptors (Lipinski definition) is 3. The van der Waals surface area contributed by atoms with Gasteiger partial charge in [0.2, 0.25) is 5.91 Å². The Morgan fingerprint density at radius 2 is 1.78 bits per heavy atom. The van der Waals surface area contributed by atoms with Gasteiger partial charge in [-0.15, -0.1) is 0 Å². The van der Waals surface area contributed by atoms with Crippen molar-refractivity contribution in [2.75, 3.05) is 18.0 Å². The van der Waals surface area contributed by atoms with Gasteiger partial charge in [-0.1, -0.05) is 30.3 Å². The van der Waals surface area contributed by atoms with Crippen molar-refractivity contribution in [1.82, 2.24) is 5.32 Å². The van der Waals surface area contributed by atoms with Crippen LogP contribution in [0.25, 0.3) is 6.08 Å². The van der Waals surface area contributed by atoms with Crippen molar-refractivity contribution in [3.63, 3.8) is 0 Å². The summed E-state index contributed by atoms with van der Waals surface area (Å²) >= 11 is 0. The third kappa shape index (κ3) is 5.53. The van der Waals surface area contributed by atoms with Gasteiger partial charge in [-0.2, -0.15) is 13.2 Å². The van der Waals surface area contributed by atoms with Crippen LogP contribution >= 0.6 is 0 Å². The summed E-state index contributed by atoms with van der Waals surface area (Å²) in [6, 6.07) is 19.2. The Balaban J connectivity index is 1.61. The highest BCUT2D eigenvalue weighted by Crippen LogP contribution is 2.44. The minimum atomic E-state index is -4.32.